The Kier molecular flexibility index (Phi) is 3.54. The lowest BCUT2D eigenvalue weighted by molar-refractivity contribution is 0.410. The van der Waals surface area contributed by atoms with Crippen molar-refractivity contribution in [3.05, 3.63) is 35.7 Å². The van der Waals surface area contributed by atoms with Crippen molar-refractivity contribution in [3.8, 4) is 5.75 Å². The number of aryl methyl sites for hydroxylation is 2. The number of anilines is 2. The van der Waals surface area contributed by atoms with Crippen molar-refractivity contribution in [3.63, 3.8) is 0 Å². The molecule has 22 heavy (non-hydrogen) atoms. The standard InChI is InChI=1S/C15H18N6O/c1-9-18-12-13(19-15(16)20-14(12)21(9)2)17-8-10-6-4-5-7-11(10)22-3/h4-7H,8H2,1-3H3,(H3,16,17,19,20). The molecule has 7 heteroatoms. The minimum atomic E-state index is 0.220. The van der Waals surface area contributed by atoms with Gasteiger partial charge >= 0.3 is 0 Å². The van der Waals surface area contributed by atoms with Crippen LogP contribution < -0.4 is 15.8 Å². The molecule has 0 unspecified atom stereocenters. The number of para-hydroxylation sites is 1. The molecule has 0 spiro atoms. The van der Waals surface area contributed by atoms with Crippen LogP contribution in [0.25, 0.3) is 11.2 Å². The summed E-state index contributed by atoms with van der Waals surface area (Å²) in [4.78, 5) is 13.0. The first-order valence-electron chi connectivity index (χ1n) is 6.92. The monoisotopic (exact) mass is 298 g/mol. The molecule has 3 N–H and O–H groups in total. The minimum absolute atomic E-state index is 0.220. The Bertz CT molecular complexity index is 826. The summed E-state index contributed by atoms with van der Waals surface area (Å²) in [6.45, 7) is 2.48. The fourth-order valence-electron chi connectivity index (χ4n) is 2.34. The average Bonchev–Trinajstić information content (AvgIpc) is 2.81. The summed E-state index contributed by atoms with van der Waals surface area (Å²) in [6.07, 6.45) is 0. The number of ether oxygens (including phenoxy) is 1. The van der Waals surface area contributed by atoms with E-state index < -0.39 is 0 Å². The van der Waals surface area contributed by atoms with Crippen LogP contribution in [-0.4, -0.2) is 26.6 Å². The van der Waals surface area contributed by atoms with E-state index in [1.165, 1.54) is 0 Å². The highest BCUT2D eigenvalue weighted by Gasteiger charge is 2.13. The Hall–Kier alpha value is -2.83. The lowest BCUT2D eigenvalue weighted by atomic mass is 10.2. The molecule has 0 aliphatic heterocycles. The summed E-state index contributed by atoms with van der Waals surface area (Å²) in [7, 11) is 3.56. The fraction of sp³-hybridized carbons (Fsp3) is 0.267. The number of methoxy groups -OCH3 is 1. The van der Waals surface area contributed by atoms with E-state index in [0.29, 0.717) is 23.5 Å². The van der Waals surface area contributed by atoms with Gasteiger partial charge in [-0.3, -0.25) is 0 Å². The number of nitrogen functional groups attached to an aromatic ring is 1. The van der Waals surface area contributed by atoms with Gasteiger partial charge < -0.3 is 20.4 Å². The number of nitrogens with two attached hydrogens (primary N) is 1. The highest BCUT2D eigenvalue weighted by molar-refractivity contribution is 5.84. The van der Waals surface area contributed by atoms with Crippen LogP contribution in [-0.2, 0) is 13.6 Å². The van der Waals surface area contributed by atoms with Crippen molar-refractivity contribution in [1.82, 2.24) is 19.5 Å². The quantitative estimate of drug-likeness (QED) is 0.764. The molecule has 3 aromatic rings. The molecule has 0 radical (unpaired) electrons. The first-order chi connectivity index (χ1) is 10.6. The normalized spacial score (nSPS) is 10.9. The Morgan fingerprint density at radius 3 is 2.77 bits per heavy atom. The van der Waals surface area contributed by atoms with Gasteiger partial charge in [-0.15, -0.1) is 0 Å². The van der Waals surface area contributed by atoms with Crippen LogP contribution in [0.5, 0.6) is 5.75 Å². The molecule has 7 nitrogen and oxygen atoms in total. The van der Waals surface area contributed by atoms with Crippen LogP contribution in [0.3, 0.4) is 0 Å². The Morgan fingerprint density at radius 2 is 2.00 bits per heavy atom. The van der Waals surface area contributed by atoms with Gasteiger partial charge in [-0.25, -0.2) is 4.98 Å². The summed E-state index contributed by atoms with van der Waals surface area (Å²) in [5.41, 5.74) is 8.26. The number of imidazole rings is 1. The number of benzene rings is 1. The highest BCUT2D eigenvalue weighted by Crippen LogP contribution is 2.23. The summed E-state index contributed by atoms with van der Waals surface area (Å²) in [6, 6.07) is 7.82. The zero-order valence-corrected chi connectivity index (χ0v) is 12.8. The van der Waals surface area contributed by atoms with Gasteiger partial charge in [0.05, 0.1) is 7.11 Å². The summed E-state index contributed by atoms with van der Waals surface area (Å²) >= 11 is 0. The second-order valence-electron chi connectivity index (χ2n) is 4.99. The molecule has 3 rings (SSSR count). The maximum Gasteiger partial charge on any atom is 0.224 e. The van der Waals surface area contributed by atoms with Crippen molar-refractivity contribution in [2.45, 2.75) is 13.5 Å². The zero-order chi connectivity index (χ0) is 15.7. The molecule has 1 aromatic carbocycles. The third kappa shape index (κ3) is 2.41. The molecule has 2 heterocycles. The van der Waals surface area contributed by atoms with Crippen molar-refractivity contribution < 1.29 is 4.74 Å². The van der Waals surface area contributed by atoms with Crippen molar-refractivity contribution >= 4 is 22.9 Å². The van der Waals surface area contributed by atoms with E-state index in [2.05, 4.69) is 20.3 Å². The fourth-order valence-corrected chi connectivity index (χ4v) is 2.34. The van der Waals surface area contributed by atoms with Gasteiger partial charge in [0.25, 0.3) is 0 Å². The van der Waals surface area contributed by atoms with Crippen LogP contribution in [0, 0.1) is 6.92 Å². The van der Waals surface area contributed by atoms with Gasteiger partial charge in [0.15, 0.2) is 17.0 Å². The maximum absolute atomic E-state index is 5.80. The van der Waals surface area contributed by atoms with Gasteiger partial charge in [-0.2, -0.15) is 9.97 Å². The number of rotatable bonds is 4. The van der Waals surface area contributed by atoms with Crippen LogP contribution >= 0.6 is 0 Å². The van der Waals surface area contributed by atoms with Gasteiger partial charge in [-0.05, 0) is 13.0 Å². The molecular weight excluding hydrogens is 280 g/mol. The van der Waals surface area contributed by atoms with Crippen LogP contribution in [0.1, 0.15) is 11.4 Å². The molecule has 0 atom stereocenters. The summed E-state index contributed by atoms with van der Waals surface area (Å²) in [5, 5.41) is 3.27. The minimum Gasteiger partial charge on any atom is -0.496 e. The second-order valence-corrected chi connectivity index (χ2v) is 4.99. The first-order valence-corrected chi connectivity index (χ1v) is 6.92. The van der Waals surface area contributed by atoms with Crippen LogP contribution in [0.2, 0.25) is 0 Å². The third-order valence-corrected chi connectivity index (χ3v) is 3.60. The number of hydrogen-bond donors (Lipinski definition) is 2. The van der Waals surface area contributed by atoms with E-state index in [9.17, 15) is 0 Å². The second kappa shape index (κ2) is 5.51. The Labute approximate surface area is 128 Å². The molecule has 0 aliphatic carbocycles. The number of fused-ring (bicyclic) bond motifs is 1. The first kappa shape index (κ1) is 14.1. The molecule has 0 aliphatic rings. The van der Waals surface area contributed by atoms with Crippen LogP contribution in [0.15, 0.2) is 24.3 Å². The van der Waals surface area contributed by atoms with E-state index >= 15 is 0 Å². The molecule has 0 bridgehead atoms. The lowest BCUT2D eigenvalue weighted by Gasteiger charge is -2.10. The Balaban J connectivity index is 1.95. The summed E-state index contributed by atoms with van der Waals surface area (Å²) in [5.74, 6) is 2.52. The van der Waals surface area contributed by atoms with Crippen molar-refractivity contribution in [1.29, 1.82) is 0 Å². The van der Waals surface area contributed by atoms with E-state index in [-0.39, 0.29) is 5.95 Å². The number of nitrogens with one attached hydrogen (secondary N) is 1. The van der Waals surface area contributed by atoms with Gasteiger partial charge in [-0.1, -0.05) is 18.2 Å². The predicted molar refractivity (Wildman–Crippen MR) is 85.8 cm³/mol. The number of hydrogen-bond acceptors (Lipinski definition) is 6. The SMILES string of the molecule is COc1ccccc1CNc1nc(N)nc2c1nc(C)n2C. The lowest BCUT2D eigenvalue weighted by Crippen LogP contribution is -2.07. The van der Waals surface area contributed by atoms with E-state index in [1.54, 1.807) is 7.11 Å². The topological polar surface area (TPSA) is 90.9 Å². The van der Waals surface area contributed by atoms with E-state index in [1.807, 2.05) is 42.8 Å². The molecule has 114 valence electrons. The molecular formula is C15H18N6O. The van der Waals surface area contributed by atoms with Crippen LogP contribution in [0.4, 0.5) is 11.8 Å². The Morgan fingerprint density at radius 1 is 1.23 bits per heavy atom. The molecule has 0 fully saturated rings. The molecule has 0 saturated heterocycles. The molecule has 0 amide bonds. The van der Waals surface area contributed by atoms with Gasteiger partial charge in [0.1, 0.15) is 11.6 Å². The largest absolute Gasteiger partial charge is 0.496 e. The molecule has 2 aromatic heterocycles. The summed E-state index contributed by atoms with van der Waals surface area (Å²) < 4.78 is 7.24. The smallest absolute Gasteiger partial charge is 0.224 e. The third-order valence-electron chi connectivity index (χ3n) is 3.60. The zero-order valence-electron chi connectivity index (χ0n) is 12.8. The predicted octanol–water partition coefficient (Wildman–Crippen LogP) is 1.87. The maximum atomic E-state index is 5.80. The van der Waals surface area contributed by atoms with Crippen molar-refractivity contribution in [2.75, 3.05) is 18.2 Å². The van der Waals surface area contributed by atoms with E-state index in [0.717, 1.165) is 17.1 Å². The number of aromatic nitrogens is 4. The average molecular weight is 298 g/mol. The number of nitrogens with zero attached hydrogens (tertiary/aromatic N) is 4. The van der Waals surface area contributed by atoms with E-state index in [4.69, 9.17) is 10.5 Å². The van der Waals surface area contributed by atoms with Gasteiger partial charge in [0.2, 0.25) is 5.95 Å². The van der Waals surface area contributed by atoms with Gasteiger partial charge in [0, 0.05) is 19.2 Å². The molecule has 0 saturated carbocycles. The highest BCUT2D eigenvalue weighted by atomic mass is 16.5. The van der Waals surface area contributed by atoms with Crippen molar-refractivity contribution in [2.24, 2.45) is 7.05 Å².